The summed E-state index contributed by atoms with van der Waals surface area (Å²) >= 11 is 0. The van der Waals surface area contributed by atoms with Gasteiger partial charge in [-0.05, 0) is 24.3 Å². The Hall–Kier alpha value is -3.54. The minimum Gasteiger partial charge on any atom is -0.497 e. The van der Waals surface area contributed by atoms with Gasteiger partial charge in [-0.3, -0.25) is 4.99 Å². The Morgan fingerprint density at radius 3 is 2.50 bits per heavy atom. The van der Waals surface area contributed by atoms with Gasteiger partial charge in [-0.1, -0.05) is 18.2 Å². The van der Waals surface area contributed by atoms with Crippen LogP contribution in [0.25, 0.3) is 23.1 Å². The Kier molecular flexibility index (Phi) is 3.93. The lowest BCUT2D eigenvalue weighted by atomic mass is 10.1. The summed E-state index contributed by atoms with van der Waals surface area (Å²) in [4.78, 5) is 8.75. The van der Waals surface area contributed by atoms with E-state index < -0.39 is 0 Å². The van der Waals surface area contributed by atoms with Gasteiger partial charge >= 0.3 is 5.95 Å². The van der Waals surface area contributed by atoms with E-state index >= 15 is 0 Å². The van der Waals surface area contributed by atoms with Gasteiger partial charge in [0.1, 0.15) is 17.2 Å². The number of aliphatic imine (C=N–C) groups is 1. The van der Waals surface area contributed by atoms with E-state index in [0.717, 1.165) is 16.8 Å². The first-order valence-corrected chi connectivity index (χ1v) is 7.96. The highest BCUT2D eigenvalue weighted by Gasteiger charge is 2.17. The maximum Gasteiger partial charge on any atom is 0.310 e. The van der Waals surface area contributed by atoms with Gasteiger partial charge in [0.2, 0.25) is 5.89 Å². The predicted octanol–water partition coefficient (Wildman–Crippen LogP) is 4.32. The van der Waals surface area contributed by atoms with Crippen LogP contribution in [0, 0.1) is 0 Å². The van der Waals surface area contributed by atoms with Gasteiger partial charge in [-0.25, -0.2) is 4.98 Å². The van der Waals surface area contributed by atoms with Crippen LogP contribution in [0.4, 0.5) is 5.69 Å². The van der Waals surface area contributed by atoms with Crippen LogP contribution in [0.3, 0.4) is 0 Å². The smallest absolute Gasteiger partial charge is 0.310 e. The Morgan fingerprint density at radius 2 is 1.77 bits per heavy atom. The van der Waals surface area contributed by atoms with E-state index in [1.54, 1.807) is 44.7 Å². The highest BCUT2D eigenvalue weighted by atomic mass is 16.5. The van der Waals surface area contributed by atoms with Crippen molar-refractivity contribution in [1.29, 1.82) is 0 Å². The molecule has 3 aromatic rings. The van der Waals surface area contributed by atoms with Crippen LogP contribution in [0.2, 0.25) is 0 Å². The number of rotatable bonds is 4. The number of oxazole rings is 1. The number of hydrogen-bond acceptors (Lipinski definition) is 6. The highest BCUT2D eigenvalue weighted by molar-refractivity contribution is 6.21. The fourth-order valence-electron chi connectivity index (χ4n) is 2.77. The molecule has 26 heavy (non-hydrogen) atoms. The minimum absolute atomic E-state index is 0.257. The number of hydrogen-bond donors (Lipinski definition) is 1. The number of benzene rings is 2. The normalized spacial score (nSPS) is 13.8. The van der Waals surface area contributed by atoms with Crippen molar-refractivity contribution in [3.05, 3.63) is 53.7 Å². The van der Waals surface area contributed by atoms with Crippen LogP contribution in [0.15, 0.2) is 51.9 Å². The number of methoxy groups -OCH3 is 2. The standard InChI is InChI=1S/C20H16N2O4/c1-24-14-7-12(8-15(10-14)25-2)19-22-18(20(23)26-19)9-13-11-21-17-6-4-3-5-16(13)17/h3-11,23H,1-2H3/b13-9+. The molecule has 1 aliphatic heterocycles. The summed E-state index contributed by atoms with van der Waals surface area (Å²) in [6.45, 7) is 0. The van der Waals surface area contributed by atoms with Crippen molar-refractivity contribution in [2.24, 2.45) is 4.99 Å². The molecule has 2 heterocycles. The molecule has 2 aromatic carbocycles. The van der Waals surface area contributed by atoms with Crippen molar-refractivity contribution in [2.75, 3.05) is 14.2 Å². The van der Waals surface area contributed by atoms with Crippen LogP contribution in [0.1, 0.15) is 11.3 Å². The third kappa shape index (κ3) is 2.82. The molecule has 0 saturated heterocycles. The number of fused-ring (bicyclic) bond motifs is 1. The van der Waals surface area contributed by atoms with E-state index in [1.807, 2.05) is 24.3 Å². The molecule has 1 N–H and O–H groups in total. The van der Waals surface area contributed by atoms with E-state index in [-0.39, 0.29) is 11.8 Å². The lowest BCUT2D eigenvalue weighted by Crippen LogP contribution is -1.89. The van der Waals surface area contributed by atoms with Crippen molar-refractivity contribution in [3.63, 3.8) is 0 Å². The summed E-state index contributed by atoms with van der Waals surface area (Å²) in [5, 5.41) is 10.2. The predicted molar refractivity (Wildman–Crippen MR) is 99.2 cm³/mol. The Balaban J connectivity index is 1.74. The van der Waals surface area contributed by atoms with Crippen molar-refractivity contribution < 1.29 is 19.0 Å². The molecule has 0 fully saturated rings. The summed E-state index contributed by atoms with van der Waals surface area (Å²) < 4.78 is 16.0. The van der Waals surface area contributed by atoms with E-state index in [0.29, 0.717) is 22.8 Å². The molecule has 0 bridgehead atoms. The molecule has 0 saturated carbocycles. The van der Waals surface area contributed by atoms with Crippen molar-refractivity contribution in [1.82, 2.24) is 4.98 Å². The quantitative estimate of drug-likeness (QED) is 0.760. The minimum atomic E-state index is -0.257. The number of aromatic hydroxyl groups is 1. The zero-order valence-electron chi connectivity index (χ0n) is 14.3. The summed E-state index contributed by atoms with van der Waals surface area (Å²) in [6, 6.07) is 13.1. The van der Waals surface area contributed by atoms with Gasteiger partial charge in [0.15, 0.2) is 0 Å². The fraction of sp³-hybridized carbons (Fsp3) is 0.100. The molecule has 4 rings (SSSR count). The molecule has 6 nitrogen and oxygen atoms in total. The molecular weight excluding hydrogens is 332 g/mol. The zero-order valence-corrected chi connectivity index (χ0v) is 14.3. The van der Waals surface area contributed by atoms with Gasteiger partial charge in [0, 0.05) is 29.0 Å². The van der Waals surface area contributed by atoms with Crippen LogP contribution >= 0.6 is 0 Å². The van der Waals surface area contributed by atoms with Crippen molar-refractivity contribution >= 4 is 23.6 Å². The molecule has 130 valence electrons. The summed E-state index contributed by atoms with van der Waals surface area (Å²) in [5.41, 5.74) is 3.71. The summed E-state index contributed by atoms with van der Waals surface area (Å²) in [7, 11) is 3.14. The van der Waals surface area contributed by atoms with Crippen LogP contribution < -0.4 is 9.47 Å². The van der Waals surface area contributed by atoms with Gasteiger partial charge in [0.05, 0.1) is 19.9 Å². The monoisotopic (exact) mass is 348 g/mol. The third-order valence-electron chi connectivity index (χ3n) is 4.08. The largest absolute Gasteiger partial charge is 0.497 e. The highest BCUT2D eigenvalue weighted by Crippen LogP contribution is 2.36. The maximum atomic E-state index is 10.2. The van der Waals surface area contributed by atoms with Crippen LogP contribution in [-0.2, 0) is 0 Å². The summed E-state index contributed by atoms with van der Waals surface area (Å²) in [5.74, 6) is 1.23. The molecule has 0 amide bonds. The van der Waals surface area contributed by atoms with E-state index in [1.165, 1.54) is 0 Å². The lowest BCUT2D eigenvalue weighted by Gasteiger charge is -2.05. The second-order valence-electron chi connectivity index (χ2n) is 5.69. The van der Waals surface area contributed by atoms with E-state index in [9.17, 15) is 5.11 Å². The SMILES string of the molecule is COc1cc(OC)cc(-c2nc(/C=C3\C=Nc4ccccc43)c(O)o2)c1. The number of nitrogens with zero attached hydrogens (tertiary/aromatic N) is 2. The van der Waals surface area contributed by atoms with Crippen molar-refractivity contribution in [3.8, 4) is 28.9 Å². The first kappa shape index (κ1) is 16.0. The molecule has 0 spiro atoms. The van der Waals surface area contributed by atoms with Crippen molar-refractivity contribution in [2.45, 2.75) is 0 Å². The second-order valence-corrected chi connectivity index (χ2v) is 5.69. The van der Waals surface area contributed by atoms with Gasteiger partial charge in [-0.15, -0.1) is 0 Å². The van der Waals surface area contributed by atoms with Gasteiger partial charge in [0.25, 0.3) is 0 Å². The second kappa shape index (κ2) is 6.40. The van der Waals surface area contributed by atoms with Crippen LogP contribution in [0.5, 0.6) is 17.4 Å². The van der Waals surface area contributed by atoms with E-state index in [4.69, 9.17) is 13.9 Å². The fourth-order valence-corrected chi connectivity index (χ4v) is 2.77. The maximum absolute atomic E-state index is 10.2. The molecule has 0 unspecified atom stereocenters. The Labute approximate surface area is 150 Å². The molecule has 0 radical (unpaired) electrons. The average molecular weight is 348 g/mol. The van der Waals surface area contributed by atoms with Gasteiger partial charge in [-0.2, -0.15) is 0 Å². The topological polar surface area (TPSA) is 77.1 Å². The van der Waals surface area contributed by atoms with Crippen LogP contribution in [-0.4, -0.2) is 30.5 Å². The molecule has 0 atom stereocenters. The molecule has 1 aliphatic rings. The third-order valence-corrected chi connectivity index (χ3v) is 4.08. The number of ether oxygens (including phenoxy) is 2. The first-order valence-electron chi connectivity index (χ1n) is 7.96. The zero-order chi connectivity index (χ0) is 18.1. The molecule has 6 heteroatoms. The van der Waals surface area contributed by atoms with E-state index in [2.05, 4.69) is 9.98 Å². The first-order chi connectivity index (χ1) is 12.7. The summed E-state index contributed by atoms with van der Waals surface area (Å²) in [6.07, 6.45) is 3.49. The Bertz CT molecular complexity index is 1010. The molecule has 0 aliphatic carbocycles. The number of para-hydroxylation sites is 1. The number of allylic oxidation sites excluding steroid dienone is 1. The lowest BCUT2D eigenvalue weighted by molar-refractivity contribution is 0.336. The Morgan fingerprint density at radius 1 is 1.04 bits per heavy atom. The average Bonchev–Trinajstić information content (AvgIpc) is 3.25. The molecular formula is C20H16N2O4. The van der Waals surface area contributed by atoms with Gasteiger partial charge < -0.3 is 19.0 Å². The number of aromatic nitrogens is 1. The molecule has 1 aromatic heterocycles.